The molecule has 0 amide bonds. The molecule has 3 aromatic rings. The summed E-state index contributed by atoms with van der Waals surface area (Å²) < 4.78 is 6.84. The summed E-state index contributed by atoms with van der Waals surface area (Å²) in [6, 6.07) is 5.50. The van der Waals surface area contributed by atoms with Crippen LogP contribution in [0.25, 0.3) is 17.4 Å². The molecular formula is C15H17Cl3N6O. The van der Waals surface area contributed by atoms with E-state index in [1.165, 1.54) is 0 Å². The molecule has 0 fully saturated rings. The second kappa shape index (κ2) is 8.14. The molecule has 3 rings (SSSR count). The first-order valence-electron chi connectivity index (χ1n) is 7.38. The van der Waals surface area contributed by atoms with Gasteiger partial charge in [0.05, 0.1) is 10.0 Å². The molecule has 2 heterocycles. The van der Waals surface area contributed by atoms with E-state index in [4.69, 9.17) is 27.7 Å². The number of hydrogen-bond donors (Lipinski definition) is 1. The summed E-state index contributed by atoms with van der Waals surface area (Å²) in [5, 5.41) is 12.5. The van der Waals surface area contributed by atoms with Crippen LogP contribution < -0.4 is 5.32 Å². The summed E-state index contributed by atoms with van der Waals surface area (Å²) in [6.45, 7) is 3.84. The van der Waals surface area contributed by atoms with Gasteiger partial charge in [-0.25, -0.2) is 9.67 Å². The van der Waals surface area contributed by atoms with Crippen molar-refractivity contribution in [3.05, 3.63) is 39.9 Å². The van der Waals surface area contributed by atoms with Crippen molar-refractivity contribution in [3.8, 4) is 17.4 Å². The molecular weight excluding hydrogens is 387 g/mol. The molecule has 0 aliphatic carbocycles. The number of aromatic nitrogens is 5. The first-order valence-corrected chi connectivity index (χ1v) is 8.13. The van der Waals surface area contributed by atoms with Crippen molar-refractivity contribution >= 4 is 35.6 Å². The van der Waals surface area contributed by atoms with Gasteiger partial charge in [-0.05, 0) is 33.0 Å². The molecule has 1 N–H and O–H groups in total. The quantitative estimate of drug-likeness (QED) is 0.702. The highest BCUT2D eigenvalue weighted by Gasteiger charge is 2.19. The minimum Gasteiger partial charge on any atom is -0.330 e. The van der Waals surface area contributed by atoms with E-state index in [1.807, 2.05) is 14.0 Å². The molecule has 1 aromatic carbocycles. The van der Waals surface area contributed by atoms with Crippen LogP contribution in [0, 0.1) is 6.92 Å². The van der Waals surface area contributed by atoms with Crippen molar-refractivity contribution in [3.63, 3.8) is 0 Å². The number of aryl methyl sites for hydroxylation is 1. The first kappa shape index (κ1) is 19.7. The Morgan fingerprint density at radius 3 is 2.56 bits per heavy atom. The Balaban J connectivity index is 0.00000225. The second-order valence-corrected chi connectivity index (χ2v) is 6.19. The van der Waals surface area contributed by atoms with Gasteiger partial charge in [-0.15, -0.1) is 17.5 Å². The zero-order valence-electron chi connectivity index (χ0n) is 13.8. The molecule has 0 saturated heterocycles. The van der Waals surface area contributed by atoms with Crippen molar-refractivity contribution in [1.29, 1.82) is 0 Å². The lowest BCUT2D eigenvalue weighted by molar-refractivity contribution is 0.416. The Labute approximate surface area is 161 Å². The topological polar surface area (TPSA) is 81.7 Å². The number of rotatable bonds is 5. The predicted molar refractivity (Wildman–Crippen MR) is 98.9 cm³/mol. The fourth-order valence-electron chi connectivity index (χ4n) is 2.19. The molecule has 0 aliphatic heterocycles. The van der Waals surface area contributed by atoms with E-state index in [0.717, 1.165) is 0 Å². The third kappa shape index (κ3) is 4.12. The van der Waals surface area contributed by atoms with Crippen LogP contribution in [0.4, 0.5) is 0 Å². The van der Waals surface area contributed by atoms with Crippen LogP contribution in [0.15, 0.2) is 22.7 Å². The maximum atomic E-state index is 6.24. The fraction of sp³-hybridized carbons (Fsp3) is 0.333. The van der Waals surface area contributed by atoms with E-state index in [0.29, 0.717) is 39.6 Å². The molecule has 1 unspecified atom stereocenters. The molecule has 134 valence electrons. The van der Waals surface area contributed by atoms with Gasteiger partial charge in [-0.3, -0.25) is 0 Å². The van der Waals surface area contributed by atoms with Gasteiger partial charge in [0.2, 0.25) is 5.82 Å². The van der Waals surface area contributed by atoms with Gasteiger partial charge in [0, 0.05) is 12.5 Å². The Bertz CT molecular complexity index is 843. The molecule has 0 spiro atoms. The SMILES string of the molecule is CNC(C)Cc1noc(-c2nc(C)n(-c3c(Cl)cccc3Cl)n2)n1.Cl. The average Bonchev–Trinajstić information content (AvgIpc) is 3.14. The number of para-hydroxylation sites is 1. The third-order valence-corrected chi connectivity index (χ3v) is 4.17. The van der Waals surface area contributed by atoms with Crippen LogP contribution >= 0.6 is 35.6 Å². The molecule has 0 radical (unpaired) electrons. The van der Waals surface area contributed by atoms with Crippen LogP contribution in [0.2, 0.25) is 10.0 Å². The molecule has 10 heteroatoms. The van der Waals surface area contributed by atoms with E-state index in [9.17, 15) is 0 Å². The van der Waals surface area contributed by atoms with Gasteiger partial charge in [0.25, 0.3) is 5.89 Å². The van der Waals surface area contributed by atoms with E-state index in [-0.39, 0.29) is 24.3 Å². The number of nitrogens with one attached hydrogen (secondary N) is 1. The van der Waals surface area contributed by atoms with Crippen molar-refractivity contribution < 1.29 is 4.52 Å². The van der Waals surface area contributed by atoms with Gasteiger partial charge in [-0.2, -0.15) is 4.98 Å². The summed E-state index contributed by atoms with van der Waals surface area (Å²) in [4.78, 5) is 8.71. The van der Waals surface area contributed by atoms with Crippen LogP contribution in [0.1, 0.15) is 18.6 Å². The molecule has 0 bridgehead atoms. The van der Waals surface area contributed by atoms with E-state index >= 15 is 0 Å². The van der Waals surface area contributed by atoms with Gasteiger partial charge in [0.1, 0.15) is 11.5 Å². The minimum absolute atomic E-state index is 0. The van der Waals surface area contributed by atoms with E-state index in [2.05, 4.69) is 25.5 Å². The monoisotopic (exact) mass is 402 g/mol. The smallest absolute Gasteiger partial charge is 0.297 e. The summed E-state index contributed by atoms with van der Waals surface area (Å²) in [6.07, 6.45) is 0.649. The summed E-state index contributed by atoms with van der Waals surface area (Å²) in [5.74, 6) is 1.80. The lowest BCUT2D eigenvalue weighted by Crippen LogP contribution is -2.24. The van der Waals surface area contributed by atoms with Gasteiger partial charge in [-0.1, -0.05) is 34.4 Å². The molecule has 0 aliphatic rings. The first-order chi connectivity index (χ1) is 11.5. The van der Waals surface area contributed by atoms with E-state index < -0.39 is 0 Å². The van der Waals surface area contributed by atoms with Crippen LogP contribution in [-0.4, -0.2) is 38.0 Å². The van der Waals surface area contributed by atoms with E-state index in [1.54, 1.807) is 29.8 Å². The minimum atomic E-state index is 0. The third-order valence-electron chi connectivity index (χ3n) is 3.56. The highest BCUT2D eigenvalue weighted by molar-refractivity contribution is 6.37. The molecule has 2 aromatic heterocycles. The standard InChI is InChI=1S/C15H16Cl2N6O.ClH/c1-8(18-3)7-12-20-15(24-22-12)14-19-9(2)23(21-14)13-10(16)5-4-6-11(13)17;/h4-6,8,18H,7H2,1-3H3;1H. The molecule has 7 nitrogen and oxygen atoms in total. The van der Waals surface area contributed by atoms with Crippen molar-refractivity contribution in [2.24, 2.45) is 0 Å². The summed E-state index contributed by atoms with van der Waals surface area (Å²) in [7, 11) is 1.88. The number of benzene rings is 1. The van der Waals surface area contributed by atoms with Gasteiger partial charge < -0.3 is 9.84 Å². The van der Waals surface area contributed by atoms with Crippen molar-refractivity contribution in [1.82, 2.24) is 30.2 Å². The van der Waals surface area contributed by atoms with Crippen molar-refractivity contribution in [2.75, 3.05) is 7.05 Å². The largest absolute Gasteiger partial charge is 0.330 e. The second-order valence-electron chi connectivity index (χ2n) is 5.37. The lowest BCUT2D eigenvalue weighted by atomic mass is 10.2. The Morgan fingerprint density at radius 2 is 1.92 bits per heavy atom. The highest BCUT2D eigenvalue weighted by Crippen LogP contribution is 2.29. The molecule has 0 saturated carbocycles. The number of likely N-dealkylation sites (N-methyl/N-ethyl adjacent to an activating group) is 1. The Morgan fingerprint density at radius 1 is 1.24 bits per heavy atom. The normalized spacial score (nSPS) is 12.0. The van der Waals surface area contributed by atoms with Crippen LogP contribution in [-0.2, 0) is 6.42 Å². The zero-order valence-corrected chi connectivity index (χ0v) is 16.2. The number of nitrogens with zero attached hydrogens (tertiary/aromatic N) is 5. The van der Waals surface area contributed by atoms with Crippen molar-refractivity contribution in [2.45, 2.75) is 26.3 Å². The average molecular weight is 404 g/mol. The Hall–Kier alpha value is -1.67. The van der Waals surface area contributed by atoms with Crippen LogP contribution in [0.3, 0.4) is 0 Å². The maximum absolute atomic E-state index is 6.24. The number of halogens is 3. The fourth-order valence-corrected chi connectivity index (χ4v) is 2.75. The van der Waals surface area contributed by atoms with Gasteiger partial charge >= 0.3 is 0 Å². The lowest BCUT2D eigenvalue weighted by Gasteiger charge is -2.07. The molecule has 25 heavy (non-hydrogen) atoms. The van der Waals surface area contributed by atoms with Crippen LogP contribution in [0.5, 0.6) is 0 Å². The van der Waals surface area contributed by atoms with Gasteiger partial charge in [0.15, 0.2) is 5.82 Å². The summed E-state index contributed by atoms with van der Waals surface area (Å²) >= 11 is 12.5. The zero-order chi connectivity index (χ0) is 17.3. The summed E-state index contributed by atoms with van der Waals surface area (Å²) in [5.41, 5.74) is 0.570. The predicted octanol–water partition coefficient (Wildman–Crippen LogP) is 3.50. The maximum Gasteiger partial charge on any atom is 0.297 e. The molecule has 1 atom stereocenters. The highest BCUT2D eigenvalue weighted by atomic mass is 35.5. The number of hydrogen-bond acceptors (Lipinski definition) is 6. The Kier molecular flexibility index (Phi) is 6.40.